The molecule has 0 amide bonds. The maximum absolute atomic E-state index is 11.6. The van der Waals surface area contributed by atoms with Gasteiger partial charge in [-0.15, -0.1) is 0 Å². The minimum Gasteiger partial charge on any atom is -0.481 e. The standard InChI is InChI=1S/C13H18N2O4S/c1-10-2-3-11(14-7-10)8-15-4-5-20(18,19)9-12(15)6-13(16)17/h2-3,7,12H,4-6,8-9H2,1H3,(H,16,17). The van der Waals surface area contributed by atoms with Gasteiger partial charge >= 0.3 is 5.97 Å². The molecule has 7 heteroatoms. The first-order chi connectivity index (χ1) is 9.35. The van der Waals surface area contributed by atoms with Gasteiger partial charge in [-0.05, 0) is 18.6 Å². The second-order valence-electron chi connectivity index (χ2n) is 5.16. The van der Waals surface area contributed by atoms with E-state index in [1.165, 1.54) is 0 Å². The van der Waals surface area contributed by atoms with Crippen LogP contribution < -0.4 is 0 Å². The molecule has 0 spiro atoms. The molecule has 6 nitrogen and oxygen atoms in total. The van der Waals surface area contributed by atoms with Crippen LogP contribution in [0.15, 0.2) is 18.3 Å². The molecular formula is C13H18N2O4S. The predicted octanol–water partition coefficient (Wildman–Crippen LogP) is 0.464. The summed E-state index contributed by atoms with van der Waals surface area (Å²) in [5.74, 6) is -0.992. The number of aliphatic carboxylic acids is 1. The Labute approximate surface area is 118 Å². The molecule has 0 bridgehead atoms. The van der Waals surface area contributed by atoms with Gasteiger partial charge in [0.2, 0.25) is 0 Å². The van der Waals surface area contributed by atoms with Crippen LogP contribution in [0, 0.1) is 6.92 Å². The van der Waals surface area contributed by atoms with Crippen LogP contribution in [-0.4, -0.2) is 53.5 Å². The van der Waals surface area contributed by atoms with Crippen molar-refractivity contribution in [2.75, 3.05) is 18.1 Å². The van der Waals surface area contributed by atoms with Crippen molar-refractivity contribution in [2.45, 2.75) is 25.9 Å². The van der Waals surface area contributed by atoms with Crippen LogP contribution in [-0.2, 0) is 21.2 Å². The molecule has 1 aliphatic rings. The molecule has 1 atom stereocenters. The zero-order valence-corrected chi connectivity index (χ0v) is 12.1. The van der Waals surface area contributed by atoms with Crippen molar-refractivity contribution < 1.29 is 18.3 Å². The van der Waals surface area contributed by atoms with Gasteiger partial charge in [0.1, 0.15) is 0 Å². The lowest BCUT2D eigenvalue weighted by Crippen LogP contribution is -2.48. The number of aryl methyl sites for hydroxylation is 1. The predicted molar refractivity (Wildman–Crippen MR) is 74.1 cm³/mol. The quantitative estimate of drug-likeness (QED) is 0.869. The van der Waals surface area contributed by atoms with E-state index in [-0.39, 0.29) is 17.9 Å². The molecule has 0 radical (unpaired) electrons. The Hall–Kier alpha value is -1.47. The Balaban J connectivity index is 2.11. The molecule has 1 N–H and O–H groups in total. The van der Waals surface area contributed by atoms with Crippen LogP contribution in [0.25, 0.3) is 0 Å². The van der Waals surface area contributed by atoms with E-state index in [0.29, 0.717) is 13.1 Å². The maximum Gasteiger partial charge on any atom is 0.304 e. The van der Waals surface area contributed by atoms with Crippen LogP contribution >= 0.6 is 0 Å². The smallest absolute Gasteiger partial charge is 0.304 e. The molecule has 1 aliphatic heterocycles. The number of carbonyl (C=O) groups is 1. The van der Waals surface area contributed by atoms with Crippen molar-refractivity contribution in [3.05, 3.63) is 29.6 Å². The van der Waals surface area contributed by atoms with Crippen molar-refractivity contribution >= 4 is 15.8 Å². The zero-order valence-electron chi connectivity index (χ0n) is 11.3. The van der Waals surface area contributed by atoms with Gasteiger partial charge in [-0.25, -0.2) is 8.42 Å². The summed E-state index contributed by atoms with van der Waals surface area (Å²) in [5.41, 5.74) is 1.88. The van der Waals surface area contributed by atoms with Crippen LogP contribution in [0.3, 0.4) is 0 Å². The van der Waals surface area contributed by atoms with Crippen LogP contribution in [0.1, 0.15) is 17.7 Å². The van der Waals surface area contributed by atoms with E-state index in [0.717, 1.165) is 11.3 Å². The largest absolute Gasteiger partial charge is 0.481 e. The Morgan fingerprint density at radius 2 is 2.25 bits per heavy atom. The fourth-order valence-corrected chi connectivity index (χ4v) is 3.91. The Bertz CT molecular complexity index is 583. The summed E-state index contributed by atoms with van der Waals surface area (Å²) in [6.07, 6.45) is 1.59. The third-order valence-corrected chi connectivity index (χ3v) is 5.10. The summed E-state index contributed by atoms with van der Waals surface area (Å²) >= 11 is 0. The van der Waals surface area contributed by atoms with Gasteiger partial charge in [0.15, 0.2) is 9.84 Å². The van der Waals surface area contributed by atoms with E-state index in [1.807, 2.05) is 24.0 Å². The van der Waals surface area contributed by atoms with Crippen LogP contribution in [0.5, 0.6) is 0 Å². The molecule has 1 aromatic heterocycles. The van der Waals surface area contributed by atoms with Gasteiger partial charge in [0.05, 0.1) is 23.6 Å². The highest BCUT2D eigenvalue weighted by atomic mass is 32.2. The number of hydrogen-bond acceptors (Lipinski definition) is 5. The number of hydrogen-bond donors (Lipinski definition) is 1. The lowest BCUT2D eigenvalue weighted by molar-refractivity contribution is -0.138. The minimum atomic E-state index is -3.13. The monoisotopic (exact) mass is 298 g/mol. The first-order valence-electron chi connectivity index (χ1n) is 6.43. The zero-order chi connectivity index (χ0) is 14.8. The summed E-state index contributed by atoms with van der Waals surface area (Å²) in [4.78, 5) is 17.1. The van der Waals surface area contributed by atoms with Gasteiger partial charge in [-0.3, -0.25) is 14.7 Å². The molecule has 1 fully saturated rings. The lowest BCUT2D eigenvalue weighted by Gasteiger charge is -2.34. The van der Waals surface area contributed by atoms with Crippen molar-refractivity contribution in [1.82, 2.24) is 9.88 Å². The van der Waals surface area contributed by atoms with E-state index in [9.17, 15) is 13.2 Å². The summed E-state index contributed by atoms with van der Waals surface area (Å²) < 4.78 is 23.3. The molecular weight excluding hydrogens is 280 g/mol. The van der Waals surface area contributed by atoms with E-state index < -0.39 is 21.8 Å². The molecule has 110 valence electrons. The van der Waals surface area contributed by atoms with Crippen molar-refractivity contribution in [2.24, 2.45) is 0 Å². The summed E-state index contributed by atoms with van der Waals surface area (Å²) in [6.45, 7) is 2.78. The van der Waals surface area contributed by atoms with Gasteiger partial charge in [0.25, 0.3) is 0 Å². The number of carboxylic acid groups (broad SMARTS) is 1. The summed E-state index contributed by atoms with van der Waals surface area (Å²) in [7, 11) is -3.13. The SMILES string of the molecule is Cc1ccc(CN2CCS(=O)(=O)CC2CC(=O)O)nc1. The van der Waals surface area contributed by atoms with Gasteiger partial charge in [-0.2, -0.15) is 0 Å². The fourth-order valence-electron chi connectivity index (χ4n) is 2.32. The molecule has 1 saturated heterocycles. The first kappa shape index (κ1) is 14.9. The number of nitrogens with zero attached hydrogens (tertiary/aromatic N) is 2. The summed E-state index contributed by atoms with van der Waals surface area (Å²) in [6, 6.07) is 3.35. The van der Waals surface area contributed by atoms with E-state index >= 15 is 0 Å². The highest BCUT2D eigenvalue weighted by molar-refractivity contribution is 7.91. The second-order valence-corrected chi connectivity index (χ2v) is 7.39. The number of carboxylic acids is 1. The topological polar surface area (TPSA) is 87.6 Å². The van der Waals surface area contributed by atoms with E-state index in [2.05, 4.69) is 4.98 Å². The molecule has 2 heterocycles. The highest BCUT2D eigenvalue weighted by Crippen LogP contribution is 2.17. The number of aromatic nitrogens is 1. The molecule has 0 aromatic carbocycles. The lowest BCUT2D eigenvalue weighted by atomic mass is 10.1. The van der Waals surface area contributed by atoms with Gasteiger partial charge < -0.3 is 5.11 Å². The molecule has 1 unspecified atom stereocenters. The van der Waals surface area contributed by atoms with Crippen LogP contribution in [0.2, 0.25) is 0 Å². The molecule has 20 heavy (non-hydrogen) atoms. The molecule has 2 rings (SSSR count). The van der Waals surface area contributed by atoms with Gasteiger partial charge in [0, 0.05) is 25.3 Å². The third kappa shape index (κ3) is 4.01. The van der Waals surface area contributed by atoms with Crippen molar-refractivity contribution in [3.63, 3.8) is 0 Å². The average molecular weight is 298 g/mol. The van der Waals surface area contributed by atoms with E-state index in [4.69, 9.17) is 5.11 Å². The normalized spacial score (nSPS) is 22.6. The van der Waals surface area contributed by atoms with Crippen molar-refractivity contribution in [3.8, 4) is 0 Å². The maximum atomic E-state index is 11.6. The van der Waals surface area contributed by atoms with E-state index in [1.54, 1.807) is 6.20 Å². The average Bonchev–Trinajstić information content (AvgIpc) is 2.34. The van der Waals surface area contributed by atoms with Gasteiger partial charge in [-0.1, -0.05) is 6.07 Å². The Morgan fingerprint density at radius 1 is 1.50 bits per heavy atom. The Morgan fingerprint density at radius 3 is 2.85 bits per heavy atom. The van der Waals surface area contributed by atoms with Crippen LogP contribution in [0.4, 0.5) is 0 Å². The number of sulfone groups is 1. The Kier molecular flexibility index (Phi) is 4.39. The van der Waals surface area contributed by atoms with Crippen molar-refractivity contribution in [1.29, 1.82) is 0 Å². The molecule has 1 aromatic rings. The highest BCUT2D eigenvalue weighted by Gasteiger charge is 2.32. The number of rotatable bonds is 4. The molecule has 0 saturated carbocycles. The fraction of sp³-hybridized carbons (Fsp3) is 0.538. The summed E-state index contributed by atoms with van der Waals surface area (Å²) in [5, 5.41) is 8.92. The second kappa shape index (κ2) is 5.88. The molecule has 0 aliphatic carbocycles. The third-order valence-electron chi connectivity index (χ3n) is 3.40. The number of pyridine rings is 1. The minimum absolute atomic E-state index is 0.0784. The first-order valence-corrected chi connectivity index (χ1v) is 8.26.